The molecule has 2 saturated heterocycles. The van der Waals surface area contributed by atoms with Crippen LogP contribution < -0.4 is 0 Å². The molecule has 8 heteroatoms. The Labute approximate surface area is 132 Å². The summed E-state index contributed by atoms with van der Waals surface area (Å²) in [6.45, 7) is 0. The van der Waals surface area contributed by atoms with Crippen LogP contribution in [0.25, 0.3) is 0 Å². The third-order valence-electron chi connectivity index (χ3n) is 3.50. The molecule has 1 N–H and O–H groups in total. The molecule has 0 bridgehead atoms. The van der Waals surface area contributed by atoms with E-state index in [4.69, 9.17) is 5.41 Å². The maximum absolute atomic E-state index is 11.7. The Kier molecular flexibility index (Phi) is 4.02. The number of amidine groups is 1. The van der Waals surface area contributed by atoms with Crippen LogP contribution in [0.2, 0.25) is 0 Å². The molecule has 0 spiro atoms. The Morgan fingerprint density at radius 1 is 1.38 bits per heavy atom. The van der Waals surface area contributed by atoms with Gasteiger partial charge in [-0.15, -0.1) is 11.8 Å². The van der Waals surface area contributed by atoms with Crippen molar-refractivity contribution in [2.75, 3.05) is 17.8 Å². The largest absolute Gasteiger partial charge is 0.277 e. The molecule has 1 aromatic rings. The average molecular weight is 341 g/mol. The molecule has 2 fully saturated rings. The van der Waals surface area contributed by atoms with Crippen molar-refractivity contribution in [3.05, 3.63) is 29.8 Å². The number of hydrazone groups is 1. The van der Waals surface area contributed by atoms with E-state index in [9.17, 15) is 8.42 Å². The van der Waals surface area contributed by atoms with E-state index in [0.717, 1.165) is 5.56 Å². The number of fused-ring (bicyclic) bond motifs is 1. The summed E-state index contributed by atoms with van der Waals surface area (Å²) in [4.78, 5) is 1.18. The molecule has 0 saturated carbocycles. The van der Waals surface area contributed by atoms with Gasteiger partial charge in [0.05, 0.1) is 23.8 Å². The van der Waals surface area contributed by atoms with Crippen molar-refractivity contribution < 1.29 is 8.42 Å². The maximum Gasteiger partial charge on any atom is 0.177 e. The predicted molar refractivity (Wildman–Crippen MR) is 89.2 cm³/mol. The van der Waals surface area contributed by atoms with Gasteiger partial charge in [-0.3, -0.25) is 5.41 Å². The van der Waals surface area contributed by atoms with Gasteiger partial charge in [-0.25, -0.2) is 13.4 Å². The van der Waals surface area contributed by atoms with Crippen molar-refractivity contribution in [3.63, 3.8) is 0 Å². The molecule has 0 radical (unpaired) electrons. The Morgan fingerprint density at radius 2 is 2.10 bits per heavy atom. The molecule has 2 aliphatic rings. The van der Waals surface area contributed by atoms with Gasteiger partial charge in [0.1, 0.15) is 0 Å². The molecule has 2 unspecified atom stereocenters. The van der Waals surface area contributed by atoms with Gasteiger partial charge in [0, 0.05) is 10.1 Å². The fourth-order valence-electron chi connectivity index (χ4n) is 2.44. The first-order valence-corrected chi connectivity index (χ1v) is 10.3. The van der Waals surface area contributed by atoms with Crippen molar-refractivity contribution in [2.45, 2.75) is 16.2 Å². The lowest BCUT2D eigenvalue weighted by atomic mass is 10.2. The first-order valence-electron chi connectivity index (χ1n) is 6.41. The fourth-order valence-corrected chi connectivity index (χ4v) is 6.57. The summed E-state index contributed by atoms with van der Waals surface area (Å²) in [6, 6.07) is 7.75. The van der Waals surface area contributed by atoms with Gasteiger partial charge in [-0.05, 0) is 24.0 Å². The molecule has 1 aromatic carbocycles. The van der Waals surface area contributed by atoms with E-state index < -0.39 is 9.84 Å². The van der Waals surface area contributed by atoms with E-state index in [2.05, 4.69) is 5.10 Å². The van der Waals surface area contributed by atoms with E-state index in [1.54, 1.807) is 23.0 Å². The number of rotatable bonds is 3. The van der Waals surface area contributed by atoms with Crippen LogP contribution >= 0.6 is 23.5 Å². The summed E-state index contributed by atoms with van der Waals surface area (Å²) >= 11 is 2.98. The van der Waals surface area contributed by atoms with Crippen LogP contribution in [0.4, 0.5) is 0 Å². The van der Waals surface area contributed by atoms with E-state index in [1.165, 1.54) is 16.7 Å². The molecule has 21 heavy (non-hydrogen) atoms. The first-order chi connectivity index (χ1) is 9.98. The minimum absolute atomic E-state index is 0.0569. The summed E-state index contributed by atoms with van der Waals surface area (Å²) < 4.78 is 23.4. The second-order valence-corrected chi connectivity index (χ2v) is 9.23. The SMILES string of the molecule is CSc1ccc(C=NN2C(=N)SC3CS(=O)(=O)CC32)cc1. The van der Waals surface area contributed by atoms with Gasteiger partial charge in [-0.1, -0.05) is 23.9 Å². The van der Waals surface area contributed by atoms with Crippen molar-refractivity contribution in [2.24, 2.45) is 5.10 Å². The number of hydrogen-bond donors (Lipinski definition) is 1. The van der Waals surface area contributed by atoms with E-state index in [1.807, 2.05) is 30.5 Å². The standard InChI is InChI=1S/C13H15N3O2S3/c1-19-10-4-2-9(3-5-10)6-15-16-11-7-21(17,18)8-12(11)20-13(16)14/h2-6,11-12,14H,7-8H2,1H3. The molecule has 5 nitrogen and oxygen atoms in total. The maximum atomic E-state index is 11.7. The normalized spacial score (nSPS) is 27.5. The highest BCUT2D eigenvalue weighted by atomic mass is 32.2. The number of thioether (sulfide) groups is 2. The van der Waals surface area contributed by atoms with Crippen LogP contribution in [0.3, 0.4) is 0 Å². The van der Waals surface area contributed by atoms with Crippen molar-refractivity contribution >= 4 is 44.7 Å². The zero-order valence-corrected chi connectivity index (χ0v) is 13.8. The van der Waals surface area contributed by atoms with E-state index in [0.29, 0.717) is 5.17 Å². The molecule has 112 valence electrons. The predicted octanol–water partition coefficient (Wildman–Crippen LogP) is 1.89. The molecule has 2 heterocycles. The molecule has 0 aromatic heterocycles. The third kappa shape index (κ3) is 3.12. The van der Waals surface area contributed by atoms with Crippen LogP contribution in [0.1, 0.15) is 5.56 Å². The van der Waals surface area contributed by atoms with E-state index >= 15 is 0 Å². The molecule has 2 aliphatic heterocycles. The second-order valence-electron chi connectivity index (χ2n) is 4.97. The summed E-state index contributed by atoms with van der Waals surface area (Å²) in [6.07, 6.45) is 3.71. The molecular formula is C13H15N3O2S3. The quantitative estimate of drug-likeness (QED) is 0.671. The molecule has 0 amide bonds. The Morgan fingerprint density at radius 3 is 2.76 bits per heavy atom. The monoisotopic (exact) mass is 341 g/mol. The second kappa shape index (κ2) is 5.66. The van der Waals surface area contributed by atoms with Crippen molar-refractivity contribution in [1.29, 1.82) is 5.41 Å². The molecule has 0 aliphatic carbocycles. The summed E-state index contributed by atoms with van der Waals surface area (Å²) in [5.74, 6) is 0.245. The number of sulfone groups is 1. The summed E-state index contributed by atoms with van der Waals surface area (Å²) in [5.41, 5.74) is 0.940. The lowest BCUT2D eigenvalue weighted by Gasteiger charge is -2.17. The van der Waals surface area contributed by atoms with Gasteiger partial charge < -0.3 is 0 Å². The first kappa shape index (κ1) is 14.9. The highest BCUT2D eigenvalue weighted by molar-refractivity contribution is 8.15. The van der Waals surface area contributed by atoms with Crippen LogP contribution in [0.15, 0.2) is 34.3 Å². The molecule has 2 atom stereocenters. The van der Waals surface area contributed by atoms with Crippen molar-refractivity contribution in [1.82, 2.24) is 5.01 Å². The van der Waals surface area contributed by atoms with Crippen LogP contribution in [0, 0.1) is 5.41 Å². The molecule has 3 rings (SSSR count). The Balaban J connectivity index is 1.76. The van der Waals surface area contributed by atoms with Gasteiger partial charge in [0.15, 0.2) is 15.0 Å². The Hall–Kier alpha value is -0.990. The summed E-state index contributed by atoms with van der Waals surface area (Å²) in [7, 11) is -2.99. The molecular weight excluding hydrogens is 326 g/mol. The lowest BCUT2D eigenvalue weighted by molar-refractivity contribution is 0.376. The van der Waals surface area contributed by atoms with Gasteiger partial charge >= 0.3 is 0 Å². The smallest absolute Gasteiger partial charge is 0.177 e. The minimum atomic E-state index is -2.99. The number of hydrogen-bond acceptors (Lipinski definition) is 6. The number of nitrogens with one attached hydrogen (secondary N) is 1. The van der Waals surface area contributed by atoms with Gasteiger partial charge in [0.2, 0.25) is 0 Å². The minimum Gasteiger partial charge on any atom is -0.277 e. The van der Waals surface area contributed by atoms with E-state index in [-0.39, 0.29) is 22.8 Å². The highest BCUT2D eigenvalue weighted by Crippen LogP contribution is 2.37. The third-order valence-corrected chi connectivity index (χ3v) is 7.37. The van der Waals surface area contributed by atoms with Crippen LogP contribution in [-0.2, 0) is 9.84 Å². The zero-order chi connectivity index (χ0) is 15.0. The Bertz CT molecular complexity index is 685. The number of nitrogens with zero attached hydrogens (tertiary/aromatic N) is 2. The average Bonchev–Trinajstić information content (AvgIpc) is 2.88. The van der Waals surface area contributed by atoms with Crippen molar-refractivity contribution in [3.8, 4) is 0 Å². The highest BCUT2D eigenvalue weighted by Gasteiger charge is 2.48. The number of benzene rings is 1. The van der Waals surface area contributed by atoms with Gasteiger partial charge in [0.25, 0.3) is 0 Å². The van der Waals surface area contributed by atoms with Gasteiger partial charge in [-0.2, -0.15) is 5.10 Å². The fraction of sp³-hybridized carbons (Fsp3) is 0.385. The van der Waals surface area contributed by atoms with Crippen LogP contribution in [0.5, 0.6) is 0 Å². The summed E-state index contributed by atoms with van der Waals surface area (Å²) in [5, 5.41) is 14.1. The topological polar surface area (TPSA) is 73.6 Å². The zero-order valence-electron chi connectivity index (χ0n) is 11.4. The van der Waals surface area contributed by atoms with Crippen LogP contribution in [-0.4, -0.2) is 53.9 Å². The lowest BCUT2D eigenvalue weighted by Crippen LogP contribution is -2.32.